The van der Waals surface area contributed by atoms with Crippen LogP contribution in [-0.4, -0.2) is 52.8 Å². The Bertz CT molecular complexity index is 1800. The van der Waals surface area contributed by atoms with Gasteiger partial charge in [0.2, 0.25) is 10.0 Å². The predicted molar refractivity (Wildman–Crippen MR) is 150 cm³/mol. The van der Waals surface area contributed by atoms with Crippen molar-refractivity contribution >= 4 is 32.8 Å². The summed E-state index contributed by atoms with van der Waals surface area (Å²) in [6.07, 6.45) is 3.11. The zero-order valence-electron chi connectivity index (χ0n) is 22.1. The minimum Gasteiger partial charge on any atom is -0.480 e. The zero-order valence-corrected chi connectivity index (χ0v) is 22.9. The fourth-order valence-electron chi connectivity index (χ4n) is 4.06. The van der Waals surface area contributed by atoms with Gasteiger partial charge in [-0.05, 0) is 48.4 Å². The van der Waals surface area contributed by atoms with Crippen molar-refractivity contribution in [2.45, 2.75) is 18.7 Å². The molecule has 10 nitrogen and oxygen atoms in total. The normalized spacial score (nSPS) is 11.4. The number of benzene rings is 2. The number of hydrogen-bond acceptors (Lipinski definition) is 7. The van der Waals surface area contributed by atoms with Crippen LogP contribution in [0.15, 0.2) is 71.9 Å². The molecule has 2 heterocycles. The molecule has 0 aliphatic rings. The van der Waals surface area contributed by atoms with E-state index in [1.165, 1.54) is 18.3 Å². The van der Waals surface area contributed by atoms with Crippen molar-refractivity contribution in [2.75, 3.05) is 13.1 Å². The van der Waals surface area contributed by atoms with Gasteiger partial charge in [-0.1, -0.05) is 37.8 Å². The van der Waals surface area contributed by atoms with Gasteiger partial charge in [-0.3, -0.25) is 20.0 Å². The summed E-state index contributed by atoms with van der Waals surface area (Å²) in [5, 5.41) is 9.68. The standard InChI is InChI=1S/C29H26FN5O5S/c1-18(2)16-35(17-28(36)37)41(39,40)22-10-9-20(25(30)13-22)6-3-19-4-7-21(8-5-19)27-14-23(29(38)34-31)24-15-32-12-11-26(24)33-27/h4-5,7-15,18H,16-17,31H2,1-2H3,(H,34,38)(H,36,37). The predicted octanol–water partition coefficient (Wildman–Crippen LogP) is 3.17. The first-order chi connectivity index (χ1) is 19.5. The number of nitrogen functional groups attached to an aromatic ring is 1. The Morgan fingerprint density at radius 2 is 1.83 bits per heavy atom. The summed E-state index contributed by atoms with van der Waals surface area (Å²) in [5.41, 5.74) is 4.77. The van der Waals surface area contributed by atoms with Crippen molar-refractivity contribution in [3.05, 3.63) is 89.5 Å². The molecule has 2 aromatic heterocycles. The van der Waals surface area contributed by atoms with E-state index in [-0.39, 0.29) is 22.9 Å². The number of aliphatic carboxylic acids is 1. The third-order valence-electron chi connectivity index (χ3n) is 5.97. The molecule has 0 spiro atoms. The first kappa shape index (κ1) is 29.3. The third kappa shape index (κ3) is 6.72. The minimum atomic E-state index is -4.23. The molecule has 0 aliphatic carbocycles. The first-order valence-corrected chi connectivity index (χ1v) is 13.8. The Kier molecular flexibility index (Phi) is 8.73. The lowest BCUT2D eigenvalue weighted by atomic mass is 10.0. The second-order valence-corrected chi connectivity index (χ2v) is 11.4. The molecule has 2 aromatic carbocycles. The van der Waals surface area contributed by atoms with E-state index >= 15 is 0 Å². The molecule has 0 bridgehead atoms. The fraction of sp³-hybridized carbons (Fsp3) is 0.172. The Balaban J connectivity index is 1.59. The maximum absolute atomic E-state index is 14.9. The molecule has 41 heavy (non-hydrogen) atoms. The van der Waals surface area contributed by atoms with E-state index in [9.17, 15) is 22.4 Å². The molecule has 0 fully saturated rings. The zero-order chi connectivity index (χ0) is 29.7. The van der Waals surface area contributed by atoms with Gasteiger partial charge in [0, 0.05) is 35.5 Å². The van der Waals surface area contributed by atoms with Crippen LogP contribution >= 0.6 is 0 Å². The lowest BCUT2D eigenvalue weighted by Gasteiger charge is -2.22. The largest absolute Gasteiger partial charge is 0.480 e. The smallest absolute Gasteiger partial charge is 0.318 e. The molecule has 4 rings (SSSR count). The lowest BCUT2D eigenvalue weighted by Crippen LogP contribution is -2.38. The number of carbonyl (C=O) groups is 2. The van der Waals surface area contributed by atoms with Crippen LogP contribution in [0.4, 0.5) is 4.39 Å². The Labute approximate surface area is 236 Å². The van der Waals surface area contributed by atoms with Gasteiger partial charge < -0.3 is 5.11 Å². The average molecular weight is 576 g/mol. The molecule has 1 amide bonds. The Hall–Kier alpha value is -4.70. The van der Waals surface area contributed by atoms with E-state index in [1.807, 2.05) is 0 Å². The number of halogens is 1. The molecule has 0 atom stereocenters. The van der Waals surface area contributed by atoms with Gasteiger partial charge in [-0.25, -0.2) is 23.6 Å². The minimum absolute atomic E-state index is 0.0242. The summed E-state index contributed by atoms with van der Waals surface area (Å²) < 4.78 is 41.6. The van der Waals surface area contributed by atoms with Crippen LogP contribution in [-0.2, 0) is 14.8 Å². The SMILES string of the molecule is CC(C)CN(CC(=O)O)S(=O)(=O)c1ccc(C#Cc2ccc(-c3cc(C(=O)NN)c4cnccc4n3)cc2)c(F)c1. The Morgan fingerprint density at radius 3 is 2.46 bits per heavy atom. The van der Waals surface area contributed by atoms with Gasteiger partial charge in [0.25, 0.3) is 5.91 Å². The van der Waals surface area contributed by atoms with Crippen LogP contribution in [0.25, 0.3) is 22.2 Å². The number of amides is 1. The van der Waals surface area contributed by atoms with E-state index in [0.29, 0.717) is 33.3 Å². The molecule has 0 radical (unpaired) electrons. The van der Waals surface area contributed by atoms with E-state index in [2.05, 4.69) is 27.2 Å². The van der Waals surface area contributed by atoms with Crippen LogP contribution in [0.2, 0.25) is 0 Å². The Morgan fingerprint density at radius 1 is 1.10 bits per heavy atom. The summed E-state index contributed by atoms with van der Waals surface area (Å²) in [7, 11) is -4.23. The van der Waals surface area contributed by atoms with Gasteiger partial charge in [0.1, 0.15) is 12.4 Å². The van der Waals surface area contributed by atoms with Crippen LogP contribution in [0, 0.1) is 23.6 Å². The molecular formula is C29H26FN5O5S. The highest BCUT2D eigenvalue weighted by Crippen LogP contribution is 2.25. The summed E-state index contributed by atoms with van der Waals surface area (Å²) in [6, 6.07) is 13.5. The molecule has 210 valence electrons. The van der Waals surface area contributed by atoms with Gasteiger partial charge in [0.15, 0.2) is 0 Å². The second-order valence-electron chi connectivity index (χ2n) is 9.48. The van der Waals surface area contributed by atoms with E-state index in [4.69, 9.17) is 10.9 Å². The molecule has 4 N–H and O–H groups in total. The van der Waals surface area contributed by atoms with Crippen molar-refractivity contribution in [3.63, 3.8) is 0 Å². The number of nitrogens with two attached hydrogens (primary N) is 1. The highest BCUT2D eigenvalue weighted by atomic mass is 32.2. The summed E-state index contributed by atoms with van der Waals surface area (Å²) >= 11 is 0. The molecular weight excluding hydrogens is 549 g/mol. The molecule has 12 heteroatoms. The number of hydrazine groups is 1. The number of aromatic nitrogens is 2. The summed E-state index contributed by atoms with van der Waals surface area (Å²) in [6.45, 7) is 2.75. The maximum atomic E-state index is 14.9. The number of hydrogen-bond donors (Lipinski definition) is 3. The van der Waals surface area contributed by atoms with Crippen LogP contribution in [0.5, 0.6) is 0 Å². The van der Waals surface area contributed by atoms with Crippen molar-refractivity contribution in [2.24, 2.45) is 11.8 Å². The number of sulfonamides is 1. The van der Waals surface area contributed by atoms with Gasteiger partial charge in [-0.15, -0.1) is 0 Å². The molecule has 0 saturated heterocycles. The van der Waals surface area contributed by atoms with E-state index in [1.54, 1.807) is 56.4 Å². The number of nitrogens with one attached hydrogen (secondary N) is 1. The number of carbonyl (C=O) groups excluding carboxylic acids is 1. The van der Waals surface area contributed by atoms with Gasteiger partial charge >= 0.3 is 5.97 Å². The number of fused-ring (bicyclic) bond motifs is 1. The first-order valence-electron chi connectivity index (χ1n) is 12.4. The topological polar surface area (TPSA) is 156 Å². The quantitative estimate of drug-likeness (QED) is 0.125. The lowest BCUT2D eigenvalue weighted by molar-refractivity contribution is -0.137. The van der Waals surface area contributed by atoms with Crippen LogP contribution in [0.1, 0.15) is 35.3 Å². The number of carboxylic acid groups (broad SMARTS) is 1. The molecule has 4 aromatic rings. The van der Waals surface area contributed by atoms with Crippen LogP contribution < -0.4 is 11.3 Å². The highest BCUT2D eigenvalue weighted by molar-refractivity contribution is 7.89. The third-order valence-corrected chi connectivity index (χ3v) is 7.77. The molecule has 0 aliphatic heterocycles. The molecule has 0 saturated carbocycles. The van der Waals surface area contributed by atoms with Crippen molar-refractivity contribution in [1.29, 1.82) is 0 Å². The fourth-order valence-corrected chi connectivity index (χ4v) is 5.62. The number of carboxylic acids is 1. The number of pyridine rings is 2. The summed E-state index contributed by atoms with van der Waals surface area (Å²) in [4.78, 5) is 31.8. The van der Waals surface area contributed by atoms with E-state index in [0.717, 1.165) is 10.4 Å². The highest BCUT2D eigenvalue weighted by Gasteiger charge is 2.28. The van der Waals surface area contributed by atoms with Crippen molar-refractivity contribution in [3.8, 4) is 23.1 Å². The van der Waals surface area contributed by atoms with E-state index < -0.39 is 34.3 Å². The second kappa shape index (κ2) is 12.2. The van der Waals surface area contributed by atoms with Crippen molar-refractivity contribution in [1.82, 2.24) is 19.7 Å². The average Bonchev–Trinajstić information content (AvgIpc) is 2.95. The van der Waals surface area contributed by atoms with Crippen LogP contribution in [0.3, 0.4) is 0 Å². The summed E-state index contributed by atoms with van der Waals surface area (Å²) in [5.74, 6) is 8.11. The maximum Gasteiger partial charge on any atom is 0.318 e. The van der Waals surface area contributed by atoms with Gasteiger partial charge in [0.05, 0.1) is 27.2 Å². The number of nitrogens with zero attached hydrogens (tertiary/aromatic N) is 3. The molecule has 0 unspecified atom stereocenters. The van der Waals surface area contributed by atoms with Crippen molar-refractivity contribution < 1.29 is 27.5 Å². The number of rotatable bonds is 8. The monoisotopic (exact) mass is 575 g/mol. The van der Waals surface area contributed by atoms with Gasteiger partial charge in [-0.2, -0.15) is 4.31 Å².